The van der Waals surface area contributed by atoms with Gasteiger partial charge in [-0.25, -0.2) is 9.78 Å². The number of nitrogens with one attached hydrogen (secondary N) is 2. The van der Waals surface area contributed by atoms with E-state index in [4.69, 9.17) is 16.3 Å². The molecule has 1 aliphatic rings. The molecule has 1 aliphatic heterocycles. The Morgan fingerprint density at radius 1 is 1.03 bits per heavy atom. The number of carbonyl (C=O) groups excluding carboxylic acids is 2. The molecule has 2 amide bonds. The van der Waals surface area contributed by atoms with Crippen LogP contribution in [-0.2, 0) is 17.9 Å². The van der Waals surface area contributed by atoms with Gasteiger partial charge < -0.3 is 20.3 Å². The number of hydrogen-bond donors (Lipinski definition) is 2. The first-order valence-electron chi connectivity index (χ1n) is 11.8. The van der Waals surface area contributed by atoms with Crippen molar-refractivity contribution in [2.24, 2.45) is 5.92 Å². The highest BCUT2D eigenvalue weighted by atomic mass is 35.5. The standard InChI is InChI=1S/C27H29ClN4O3/c28-24-9-5-4-8-23(24)18-30-25-16-22(10-13-29-25)26(33)31-17-20-11-14-32(15-12-20)27(34)35-19-21-6-2-1-3-7-21/h1-10,13,16,20H,11-12,14-15,17-19H2,(H,29,30)(H,31,33). The van der Waals surface area contributed by atoms with Gasteiger partial charge in [0.25, 0.3) is 5.91 Å². The Labute approximate surface area is 210 Å². The molecule has 7 nitrogen and oxygen atoms in total. The summed E-state index contributed by atoms with van der Waals surface area (Å²) in [6, 6.07) is 20.7. The average Bonchev–Trinajstić information content (AvgIpc) is 2.91. The molecule has 8 heteroatoms. The maximum Gasteiger partial charge on any atom is 0.410 e. The van der Waals surface area contributed by atoms with E-state index in [1.165, 1.54) is 0 Å². The highest BCUT2D eigenvalue weighted by molar-refractivity contribution is 6.31. The van der Waals surface area contributed by atoms with Gasteiger partial charge >= 0.3 is 6.09 Å². The molecule has 2 heterocycles. The van der Waals surface area contributed by atoms with Gasteiger partial charge in [-0.3, -0.25) is 4.79 Å². The number of carbonyl (C=O) groups is 2. The summed E-state index contributed by atoms with van der Waals surface area (Å²) in [6.07, 6.45) is 2.97. The van der Waals surface area contributed by atoms with Crippen molar-refractivity contribution < 1.29 is 14.3 Å². The van der Waals surface area contributed by atoms with Crippen LogP contribution < -0.4 is 10.6 Å². The van der Waals surface area contributed by atoms with E-state index >= 15 is 0 Å². The van der Waals surface area contributed by atoms with Crippen LogP contribution in [0.4, 0.5) is 10.6 Å². The number of pyridine rings is 1. The molecule has 0 aliphatic carbocycles. The van der Waals surface area contributed by atoms with Crippen molar-refractivity contribution in [3.05, 3.63) is 94.6 Å². The quantitative estimate of drug-likeness (QED) is 0.455. The third-order valence-electron chi connectivity index (χ3n) is 6.07. The van der Waals surface area contributed by atoms with E-state index in [1.807, 2.05) is 54.6 Å². The van der Waals surface area contributed by atoms with Crippen LogP contribution in [0, 0.1) is 5.92 Å². The van der Waals surface area contributed by atoms with Crippen LogP contribution in [0.5, 0.6) is 0 Å². The first-order chi connectivity index (χ1) is 17.1. The number of amides is 2. The number of nitrogens with zero attached hydrogens (tertiary/aromatic N) is 2. The van der Waals surface area contributed by atoms with E-state index in [1.54, 1.807) is 23.2 Å². The molecule has 2 N–H and O–H groups in total. The number of aromatic nitrogens is 1. The fourth-order valence-electron chi connectivity index (χ4n) is 3.97. The van der Waals surface area contributed by atoms with Crippen LogP contribution in [0.1, 0.15) is 34.3 Å². The molecule has 3 aromatic rings. The van der Waals surface area contributed by atoms with Crippen molar-refractivity contribution in [2.45, 2.75) is 26.0 Å². The second-order valence-corrected chi connectivity index (χ2v) is 8.96. The molecule has 1 fully saturated rings. The summed E-state index contributed by atoms with van der Waals surface area (Å²) in [7, 11) is 0. The zero-order valence-corrected chi connectivity index (χ0v) is 20.2. The summed E-state index contributed by atoms with van der Waals surface area (Å²) in [5.41, 5.74) is 2.47. The van der Waals surface area contributed by atoms with E-state index in [2.05, 4.69) is 15.6 Å². The molecule has 182 valence electrons. The number of ether oxygens (including phenoxy) is 1. The molecular formula is C27H29ClN4O3. The number of likely N-dealkylation sites (tertiary alicyclic amines) is 1. The Kier molecular flexibility index (Phi) is 8.57. The first kappa shape index (κ1) is 24.5. The van der Waals surface area contributed by atoms with Gasteiger partial charge in [0.15, 0.2) is 0 Å². The number of hydrogen-bond acceptors (Lipinski definition) is 5. The minimum atomic E-state index is -0.287. The monoisotopic (exact) mass is 492 g/mol. The Bertz CT molecular complexity index is 1130. The summed E-state index contributed by atoms with van der Waals surface area (Å²) >= 11 is 6.20. The third kappa shape index (κ3) is 7.20. The molecule has 0 saturated carbocycles. The number of piperidine rings is 1. The molecule has 0 radical (unpaired) electrons. The topological polar surface area (TPSA) is 83.6 Å². The maximum atomic E-state index is 12.7. The zero-order chi connectivity index (χ0) is 24.5. The highest BCUT2D eigenvalue weighted by Gasteiger charge is 2.24. The summed E-state index contributed by atoms with van der Waals surface area (Å²) < 4.78 is 5.42. The van der Waals surface area contributed by atoms with E-state index in [9.17, 15) is 9.59 Å². The molecule has 2 aromatic carbocycles. The second kappa shape index (κ2) is 12.2. The van der Waals surface area contributed by atoms with Gasteiger partial charge in [-0.2, -0.15) is 0 Å². The Morgan fingerprint density at radius 2 is 1.77 bits per heavy atom. The van der Waals surface area contributed by atoms with Crippen molar-refractivity contribution in [1.29, 1.82) is 0 Å². The lowest BCUT2D eigenvalue weighted by molar-refractivity contribution is 0.0801. The lowest BCUT2D eigenvalue weighted by Gasteiger charge is -2.31. The number of rotatable bonds is 8. The van der Waals surface area contributed by atoms with E-state index in [0.29, 0.717) is 48.5 Å². The largest absolute Gasteiger partial charge is 0.445 e. The predicted octanol–water partition coefficient (Wildman–Crippen LogP) is 5.13. The Balaban J connectivity index is 1.19. The molecule has 0 atom stereocenters. The van der Waals surface area contributed by atoms with E-state index in [0.717, 1.165) is 24.0 Å². The first-order valence-corrected chi connectivity index (χ1v) is 12.1. The van der Waals surface area contributed by atoms with Gasteiger partial charge in [0.2, 0.25) is 0 Å². The number of anilines is 1. The molecule has 0 bridgehead atoms. The Hall–Kier alpha value is -3.58. The van der Waals surface area contributed by atoms with Crippen molar-refractivity contribution in [2.75, 3.05) is 25.0 Å². The van der Waals surface area contributed by atoms with Gasteiger partial charge in [-0.1, -0.05) is 60.1 Å². The normalized spacial score (nSPS) is 13.8. The summed E-state index contributed by atoms with van der Waals surface area (Å²) in [5.74, 6) is 0.787. The van der Waals surface area contributed by atoms with Crippen LogP contribution in [0.3, 0.4) is 0 Å². The van der Waals surface area contributed by atoms with Gasteiger partial charge in [0.1, 0.15) is 12.4 Å². The van der Waals surface area contributed by atoms with Gasteiger partial charge in [-0.05, 0) is 48.1 Å². The summed E-state index contributed by atoms with van der Waals surface area (Å²) in [5, 5.41) is 6.92. The van der Waals surface area contributed by atoms with Gasteiger partial charge in [0.05, 0.1) is 0 Å². The van der Waals surface area contributed by atoms with Crippen molar-refractivity contribution >= 4 is 29.4 Å². The predicted molar refractivity (Wildman–Crippen MR) is 136 cm³/mol. The lowest BCUT2D eigenvalue weighted by Crippen LogP contribution is -2.41. The fraction of sp³-hybridized carbons (Fsp3) is 0.296. The van der Waals surface area contributed by atoms with Crippen molar-refractivity contribution in [3.63, 3.8) is 0 Å². The van der Waals surface area contributed by atoms with Crippen LogP contribution in [0.2, 0.25) is 5.02 Å². The smallest absolute Gasteiger partial charge is 0.410 e. The minimum absolute atomic E-state index is 0.141. The fourth-order valence-corrected chi connectivity index (χ4v) is 4.17. The molecule has 1 saturated heterocycles. The van der Waals surface area contributed by atoms with Crippen LogP contribution >= 0.6 is 11.6 Å². The molecule has 35 heavy (non-hydrogen) atoms. The van der Waals surface area contributed by atoms with Crippen molar-refractivity contribution in [1.82, 2.24) is 15.2 Å². The number of benzene rings is 2. The summed E-state index contributed by atoms with van der Waals surface area (Å²) in [6.45, 7) is 2.61. The van der Waals surface area contributed by atoms with Crippen LogP contribution in [0.15, 0.2) is 72.9 Å². The molecule has 1 aromatic heterocycles. The van der Waals surface area contributed by atoms with Crippen LogP contribution in [-0.4, -0.2) is 41.5 Å². The minimum Gasteiger partial charge on any atom is -0.445 e. The zero-order valence-electron chi connectivity index (χ0n) is 19.5. The third-order valence-corrected chi connectivity index (χ3v) is 6.44. The lowest BCUT2D eigenvalue weighted by atomic mass is 9.97. The highest BCUT2D eigenvalue weighted by Crippen LogP contribution is 2.19. The molecule has 0 spiro atoms. The van der Waals surface area contributed by atoms with Gasteiger partial charge in [-0.15, -0.1) is 0 Å². The van der Waals surface area contributed by atoms with E-state index in [-0.39, 0.29) is 18.6 Å². The van der Waals surface area contributed by atoms with E-state index < -0.39 is 0 Å². The number of halogens is 1. The van der Waals surface area contributed by atoms with Crippen LogP contribution in [0.25, 0.3) is 0 Å². The van der Waals surface area contributed by atoms with Crippen molar-refractivity contribution in [3.8, 4) is 0 Å². The molecular weight excluding hydrogens is 464 g/mol. The Morgan fingerprint density at radius 3 is 2.54 bits per heavy atom. The average molecular weight is 493 g/mol. The van der Waals surface area contributed by atoms with Gasteiger partial charge in [0, 0.05) is 43.0 Å². The molecule has 4 rings (SSSR count). The second-order valence-electron chi connectivity index (χ2n) is 8.56. The SMILES string of the molecule is O=C(NCC1CCN(C(=O)OCc2ccccc2)CC1)c1ccnc(NCc2ccccc2Cl)c1. The molecule has 0 unspecified atom stereocenters. The summed E-state index contributed by atoms with van der Waals surface area (Å²) in [4.78, 5) is 31.1. The maximum absolute atomic E-state index is 12.7.